The molecule has 0 aromatic heterocycles. The molecule has 112 valence electrons. The van der Waals surface area contributed by atoms with E-state index in [0.717, 1.165) is 17.7 Å². The quantitative estimate of drug-likeness (QED) is 0.793. The van der Waals surface area contributed by atoms with E-state index in [-0.39, 0.29) is 17.0 Å². The number of sulfonamides is 1. The highest BCUT2D eigenvalue weighted by Gasteiger charge is 2.26. The summed E-state index contributed by atoms with van der Waals surface area (Å²) in [6, 6.07) is 4.90. The van der Waals surface area contributed by atoms with Gasteiger partial charge in [0, 0.05) is 20.2 Å². The third-order valence-corrected chi connectivity index (χ3v) is 5.15. The van der Waals surface area contributed by atoms with Crippen LogP contribution in [0.4, 0.5) is 4.39 Å². The van der Waals surface area contributed by atoms with Crippen LogP contribution in [0.15, 0.2) is 34.7 Å². The third kappa shape index (κ3) is 3.29. The molecular weight excluding hydrogens is 295 g/mol. The first-order valence-electron chi connectivity index (χ1n) is 6.35. The highest BCUT2D eigenvalue weighted by Crippen LogP contribution is 2.22. The summed E-state index contributed by atoms with van der Waals surface area (Å²) in [5, 5.41) is 8.79. The zero-order chi connectivity index (χ0) is 15.5. The Bertz CT molecular complexity index is 707. The SMILES string of the molecule is COCC1=CCN(S(=O)(=O)c2ccc(F)c(C#N)c2)CC1. The first-order chi connectivity index (χ1) is 9.98. The van der Waals surface area contributed by atoms with Crippen LogP contribution in [0, 0.1) is 17.1 Å². The van der Waals surface area contributed by atoms with E-state index >= 15 is 0 Å². The summed E-state index contributed by atoms with van der Waals surface area (Å²) in [4.78, 5) is -0.0657. The minimum absolute atomic E-state index is 0.0657. The van der Waals surface area contributed by atoms with Crippen LogP contribution in [0.3, 0.4) is 0 Å². The Morgan fingerprint density at radius 3 is 2.81 bits per heavy atom. The molecule has 0 N–H and O–H groups in total. The Morgan fingerprint density at radius 2 is 2.24 bits per heavy atom. The predicted octanol–water partition coefficient (Wildman–Crippen LogP) is 1.66. The van der Waals surface area contributed by atoms with Crippen LogP contribution in [0.5, 0.6) is 0 Å². The molecule has 1 heterocycles. The number of halogens is 1. The third-order valence-electron chi connectivity index (χ3n) is 3.29. The van der Waals surface area contributed by atoms with Crippen molar-refractivity contribution in [3.05, 3.63) is 41.2 Å². The summed E-state index contributed by atoms with van der Waals surface area (Å²) in [6.07, 6.45) is 2.42. The van der Waals surface area contributed by atoms with Crippen molar-refractivity contribution in [3.8, 4) is 6.07 Å². The molecule has 1 aromatic rings. The average Bonchev–Trinajstić information content (AvgIpc) is 2.48. The summed E-state index contributed by atoms with van der Waals surface area (Å²) in [6.45, 7) is 1.08. The first-order valence-corrected chi connectivity index (χ1v) is 7.79. The van der Waals surface area contributed by atoms with Gasteiger partial charge in [-0.1, -0.05) is 6.08 Å². The molecule has 0 aliphatic carbocycles. The fourth-order valence-electron chi connectivity index (χ4n) is 2.13. The van der Waals surface area contributed by atoms with Crippen molar-refractivity contribution in [1.29, 1.82) is 5.26 Å². The normalized spacial score (nSPS) is 16.3. The van der Waals surface area contributed by atoms with Crippen molar-refractivity contribution in [3.63, 3.8) is 0 Å². The maximum absolute atomic E-state index is 13.3. The number of hydrogen-bond acceptors (Lipinski definition) is 4. The Balaban J connectivity index is 2.26. The molecule has 0 atom stereocenters. The van der Waals surface area contributed by atoms with Gasteiger partial charge in [0.15, 0.2) is 0 Å². The second kappa shape index (κ2) is 6.35. The molecule has 0 bridgehead atoms. The number of ether oxygens (including phenoxy) is 1. The van der Waals surface area contributed by atoms with Crippen LogP contribution < -0.4 is 0 Å². The molecule has 1 aliphatic heterocycles. The van der Waals surface area contributed by atoms with Gasteiger partial charge in [-0.25, -0.2) is 12.8 Å². The van der Waals surface area contributed by atoms with Crippen molar-refractivity contribution < 1.29 is 17.5 Å². The molecular formula is C14H15FN2O3S. The molecule has 7 heteroatoms. The van der Waals surface area contributed by atoms with E-state index in [4.69, 9.17) is 10.00 Å². The van der Waals surface area contributed by atoms with E-state index in [0.29, 0.717) is 19.6 Å². The van der Waals surface area contributed by atoms with Gasteiger partial charge >= 0.3 is 0 Å². The molecule has 0 fully saturated rings. The molecule has 0 saturated heterocycles. The second-order valence-electron chi connectivity index (χ2n) is 4.66. The fourth-order valence-corrected chi connectivity index (χ4v) is 3.53. The maximum Gasteiger partial charge on any atom is 0.243 e. The number of nitrogens with zero attached hydrogens (tertiary/aromatic N) is 2. The van der Waals surface area contributed by atoms with Crippen LogP contribution in [-0.4, -0.2) is 39.5 Å². The van der Waals surface area contributed by atoms with Crippen molar-refractivity contribution in [2.24, 2.45) is 0 Å². The van der Waals surface area contributed by atoms with Crippen molar-refractivity contribution in [2.75, 3.05) is 26.8 Å². The number of methoxy groups -OCH3 is 1. The van der Waals surface area contributed by atoms with E-state index in [1.54, 1.807) is 13.2 Å². The molecule has 0 radical (unpaired) electrons. The average molecular weight is 310 g/mol. The van der Waals surface area contributed by atoms with Crippen LogP contribution in [0.1, 0.15) is 12.0 Å². The zero-order valence-electron chi connectivity index (χ0n) is 11.5. The van der Waals surface area contributed by atoms with E-state index < -0.39 is 15.8 Å². The van der Waals surface area contributed by atoms with Crippen molar-refractivity contribution in [1.82, 2.24) is 4.31 Å². The predicted molar refractivity (Wildman–Crippen MR) is 74.4 cm³/mol. The van der Waals surface area contributed by atoms with E-state index in [9.17, 15) is 12.8 Å². The van der Waals surface area contributed by atoms with Gasteiger partial charge in [0.2, 0.25) is 10.0 Å². The molecule has 0 saturated carbocycles. The fraction of sp³-hybridized carbons (Fsp3) is 0.357. The van der Waals surface area contributed by atoms with Crippen LogP contribution in [0.25, 0.3) is 0 Å². The Morgan fingerprint density at radius 1 is 1.48 bits per heavy atom. The largest absolute Gasteiger partial charge is 0.380 e. The van der Waals surface area contributed by atoms with E-state index in [2.05, 4.69) is 0 Å². The maximum atomic E-state index is 13.3. The van der Waals surface area contributed by atoms with Crippen molar-refractivity contribution >= 4 is 10.0 Å². The highest BCUT2D eigenvalue weighted by molar-refractivity contribution is 7.89. The first kappa shape index (κ1) is 15.6. The lowest BCUT2D eigenvalue weighted by molar-refractivity contribution is 0.219. The highest BCUT2D eigenvalue weighted by atomic mass is 32.2. The van der Waals surface area contributed by atoms with E-state index in [1.807, 2.05) is 6.08 Å². The molecule has 1 aliphatic rings. The van der Waals surface area contributed by atoms with E-state index in [1.165, 1.54) is 10.4 Å². The van der Waals surface area contributed by atoms with Crippen LogP contribution in [-0.2, 0) is 14.8 Å². The molecule has 0 amide bonds. The molecule has 1 aromatic carbocycles. The molecule has 0 unspecified atom stereocenters. The van der Waals surface area contributed by atoms with Crippen LogP contribution >= 0.6 is 0 Å². The minimum atomic E-state index is -3.72. The van der Waals surface area contributed by atoms with Gasteiger partial charge in [-0.3, -0.25) is 0 Å². The number of nitriles is 1. The van der Waals surface area contributed by atoms with Gasteiger partial charge in [0.1, 0.15) is 11.9 Å². The zero-order valence-corrected chi connectivity index (χ0v) is 12.4. The van der Waals surface area contributed by atoms with Gasteiger partial charge in [-0.15, -0.1) is 0 Å². The Labute approximate surface area is 123 Å². The lowest BCUT2D eigenvalue weighted by atomic mass is 10.1. The molecule has 0 spiro atoms. The molecule has 2 rings (SSSR count). The summed E-state index contributed by atoms with van der Waals surface area (Å²) in [5.74, 6) is -0.725. The lowest BCUT2D eigenvalue weighted by Gasteiger charge is -2.25. The number of rotatable bonds is 4. The van der Waals surface area contributed by atoms with Gasteiger partial charge in [-0.05, 0) is 30.2 Å². The second-order valence-corrected chi connectivity index (χ2v) is 6.60. The van der Waals surface area contributed by atoms with Gasteiger partial charge in [-0.2, -0.15) is 9.57 Å². The molecule has 5 nitrogen and oxygen atoms in total. The van der Waals surface area contributed by atoms with Gasteiger partial charge in [0.25, 0.3) is 0 Å². The summed E-state index contributed by atoms with van der Waals surface area (Å²) >= 11 is 0. The topological polar surface area (TPSA) is 70.4 Å². The van der Waals surface area contributed by atoms with Crippen molar-refractivity contribution in [2.45, 2.75) is 11.3 Å². The number of benzene rings is 1. The summed E-state index contributed by atoms with van der Waals surface area (Å²) < 4.78 is 44.5. The smallest absolute Gasteiger partial charge is 0.243 e. The summed E-state index contributed by atoms with van der Waals surface area (Å²) in [5.41, 5.74) is 0.782. The standard InChI is InChI=1S/C14H15FN2O3S/c1-20-10-11-4-6-17(7-5-11)21(18,19)13-2-3-14(15)12(8-13)9-16/h2-4,8H,5-7,10H2,1H3. The van der Waals surface area contributed by atoms with Gasteiger partial charge < -0.3 is 4.74 Å². The Kier molecular flexibility index (Phi) is 4.73. The monoisotopic (exact) mass is 310 g/mol. The molecule has 21 heavy (non-hydrogen) atoms. The summed E-state index contributed by atoms with van der Waals surface area (Å²) in [7, 11) is -2.13. The Hall–Kier alpha value is -1.75. The lowest BCUT2D eigenvalue weighted by Crippen LogP contribution is -2.35. The minimum Gasteiger partial charge on any atom is -0.380 e. The number of hydrogen-bond donors (Lipinski definition) is 0. The van der Waals surface area contributed by atoms with Gasteiger partial charge in [0.05, 0.1) is 17.1 Å². The van der Waals surface area contributed by atoms with Crippen LogP contribution in [0.2, 0.25) is 0 Å².